The third-order valence-corrected chi connectivity index (χ3v) is 5.51. The van der Waals surface area contributed by atoms with E-state index >= 15 is 0 Å². The minimum Gasteiger partial charge on any atom is -0.481 e. The summed E-state index contributed by atoms with van der Waals surface area (Å²) in [5.74, 6) is -1.39. The molecule has 0 bridgehead atoms. The van der Waals surface area contributed by atoms with E-state index in [-0.39, 0.29) is 12.1 Å². The number of rotatable bonds is 8. The highest BCUT2D eigenvalue weighted by Gasteiger charge is 2.23. The number of nitrogens with zero attached hydrogens (tertiary/aromatic N) is 2. The second-order valence-electron chi connectivity index (χ2n) is 7.90. The minimum atomic E-state index is -0.983. The molecule has 2 N–H and O–H groups in total. The predicted octanol–water partition coefficient (Wildman–Crippen LogP) is 4.85. The van der Waals surface area contributed by atoms with E-state index in [1.807, 2.05) is 91.9 Å². The second-order valence-corrected chi connectivity index (χ2v) is 7.90. The lowest BCUT2D eigenvalue weighted by Crippen LogP contribution is -2.31. The van der Waals surface area contributed by atoms with Crippen molar-refractivity contribution in [3.05, 3.63) is 113 Å². The monoisotopic (exact) mass is 439 g/mol. The van der Waals surface area contributed by atoms with Crippen LogP contribution >= 0.6 is 0 Å². The molecule has 6 nitrogen and oxygen atoms in total. The lowest BCUT2D eigenvalue weighted by atomic mass is 9.98. The summed E-state index contributed by atoms with van der Waals surface area (Å²) in [5.41, 5.74) is 4.77. The van der Waals surface area contributed by atoms with Crippen molar-refractivity contribution in [3.63, 3.8) is 0 Å². The van der Waals surface area contributed by atoms with Crippen molar-refractivity contribution in [3.8, 4) is 11.3 Å². The van der Waals surface area contributed by atoms with E-state index in [4.69, 9.17) is 0 Å². The molecule has 0 aliphatic carbocycles. The first kappa shape index (κ1) is 22.0. The normalized spacial score (nSPS) is 11.7. The molecule has 3 aromatic carbocycles. The summed E-state index contributed by atoms with van der Waals surface area (Å²) in [7, 11) is 0. The smallest absolute Gasteiger partial charge is 0.305 e. The maximum absolute atomic E-state index is 13.2. The molecule has 0 radical (unpaired) electrons. The first-order chi connectivity index (χ1) is 16.0. The zero-order valence-electron chi connectivity index (χ0n) is 18.3. The van der Waals surface area contributed by atoms with Crippen LogP contribution in [0.1, 0.15) is 39.6 Å². The van der Waals surface area contributed by atoms with Crippen LogP contribution in [-0.4, -0.2) is 26.8 Å². The molecule has 1 heterocycles. The van der Waals surface area contributed by atoms with Gasteiger partial charge in [-0.25, -0.2) is 0 Å². The third kappa shape index (κ3) is 5.36. The summed E-state index contributed by atoms with van der Waals surface area (Å²) in [6.07, 6.45) is -0.215. The van der Waals surface area contributed by atoms with Gasteiger partial charge in [-0.1, -0.05) is 84.9 Å². The van der Waals surface area contributed by atoms with E-state index < -0.39 is 17.9 Å². The van der Waals surface area contributed by atoms with Gasteiger partial charge in [-0.3, -0.25) is 14.3 Å². The minimum absolute atomic E-state index is 0.215. The number of hydrogen-bond donors (Lipinski definition) is 2. The van der Waals surface area contributed by atoms with E-state index in [0.717, 1.165) is 27.9 Å². The SMILES string of the molecule is Cc1ccccc1C(CC(=O)O)NC(=O)c1cc(-c2ccccc2)n(Cc2ccccc2)n1. The number of carboxylic acid groups (broad SMARTS) is 1. The van der Waals surface area contributed by atoms with Crippen molar-refractivity contribution in [1.29, 1.82) is 0 Å². The molecule has 0 saturated carbocycles. The van der Waals surface area contributed by atoms with Gasteiger partial charge in [0.05, 0.1) is 24.7 Å². The molecule has 6 heteroatoms. The van der Waals surface area contributed by atoms with Crippen LogP contribution in [0.5, 0.6) is 0 Å². The number of carboxylic acids is 1. The summed E-state index contributed by atoms with van der Waals surface area (Å²) in [5, 5.41) is 16.9. The molecule has 166 valence electrons. The Hall–Kier alpha value is -4.19. The Labute approximate surface area is 192 Å². The molecule has 1 atom stereocenters. The highest BCUT2D eigenvalue weighted by molar-refractivity contribution is 5.94. The number of aryl methyl sites for hydroxylation is 1. The molecule has 1 unspecified atom stereocenters. The van der Waals surface area contributed by atoms with Crippen LogP contribution in [-0.2, 0) is 11.3 Å². The summed E-state index contributed by atoms with van der Waals surface area (Å²) in [4.78, 5) is 24.7. The standard InChI is InChI=1S/C27H25N3O3/c1-19-10-8-9-15-22(19)23(17-26(31)32)28-27(33)24-16-25(21-13-6-3-7-14-21)30(29-24)18-20-11-4-2-5-12-20/h2-16,23H,17-18H2,1H3,(H,28,33)(H,31,32). The maximum Gasteiger partial charge on any atom is 0.305 e. The molecule has 33 heavy (non-hydrogen) atoms. The fraction of sp³-hybridized carbons (Fsp3) is 0.148. The van der Waals surface area contributed by atoms with Gasteiger partial charge in [-0.15, -0.1) is 0 Å². The van der Waals surface area contributed by atoms with Gasteiger partial charge in [0.25, 0.3) is 5.91 Å². The van der Waals surface area contributed by atoms with Gasteiger partial charge < -0.3 is 10.4 Å². The van der Waals surface area contributed by atoms with Crippen LogP contribution in [0.2, 0.25) is 0 Å². The number of nitrogens with one attached hydrogen (secondary N) is 1. The highest BCUT2D eigenvalue weighted by atomic mass is 16.4. The van der Waals surface area contributed by atoms with Gasteiger partial charge in [0.2, 0.25) is 0 Å². The zero-order valence-corrected chi connectivity index (χ0v) is 18.3. The molecule has 4 rings (SSSR count). The van der Waals surface area contributed by atoms with Crippen LogP contribution < -0.4 is 5.32 Å². The Kier molecular flexibility index (Phi) is 6.64. The molecule has 1 amide bonds. The fourth-order valence-electron chi connectivity index (χ4n) is 3.87. The Bertz CT molecular complexity index is 1250. The van der Waals surface area contributed by atoms with Crippen LogP contribution in [0.15, 0.2) is 91.0 Å². The van der Waals surface area contributed by atoms with E-state index in [2.05, 4.69) is 10.4 Å². The predicted molar refractivity (Wildman–Crippen MR) is 127 cm³/mol. The lowest BCUT2D eigenvalue weighted by Gasteiger charge is -2.18. The first-order valence-electron chi connectivity index (χ1n) is 10.8. The number of aliphatic carboxylic acids is 1. The average molecular weight is 440 g/mol. The first-order valence-corrected chi connectivity index (χ1v) is 10.8. The molecular weight excluding hydrogens is 414 g/mol. The Morgan fingerprint density at radius 1 is 0.939 bits per heavy atom. The molecule has 1 aromatic heterocycles. The highest BCUT2D eigenvalue weighted by Crippen LogP contribution is 2.24. The van der Waals surface area contributed by atoms with E-state index in [1.165, 1.54) is 0 Å². The number of hydrogen-bond acceptors (Lipinski definition) is 3. The Morgan fingerprint density at radius 3 is 2.24 bits per heavy atom. The third-order valence-electron chi connectivity index (χ3n) is 5.51. The van der Waals surface area contributed by atoms with Gasteiger partial charge in [0, 0.05) is 0 Å². The summed E-state index contributed by atoms with van der Waals surface area (Å²) in [6.45, 7) is 2.41. The quantitative estimate of drug-likeness (QED) is 0.411. The Balaban J connectivity index is 1.66. The molecule has 0 aliphatic heterocycles. The topological polar surface area (TPSA) is 84.2 Å². The number of aromatic nitrogens is 2. The summed E-state index contributed by atoms with van der Waals surface area (Å²) in [6, 6.07) is 28.2. The molecule has 4 aromatic rings. The maximum atomic E-state index is 13.2. The van der Waals surface area contributed by atoms with Crippen LogP contribution in [0.3, 0.4) is 0 Å². The molecule has 0 spiro atoms. The zero-order chi connectivity index (χ0) is 23.2. The van der Waals surface area contributed by atoms with Crippen molar-refractivity contribution in [2.75, 3.05) is 0 Å². The number of carbonyl (C=O) groups excluding carboxylic acids is 1. The van der Waals surface area contributed by atoms with Gasteiger partial charge in [0.15, 0.2) is 5.69 Å². The van der Waals surface area contributed by atoms with Crippen molar-refractivity contribution in [2.24, 2.45) is 0 Å². The van der Waals surface area contributed by atoms with Crippen molar-refractivity contribution < 1.29 is 14.7 Å². The van der Waals surface area contributed by atoms with Crippen molar-refractivity contribution >= 4 is 11.9 Å². The average Bonchev–Trinajstić information content (AvgIpc) is 3.24. The largest absolute Gasteiger partial charge is 0.481 e. The van der Waals surface area contributed by atoms with Gasteiger partial charge in [0.1, 0.15) is 0 Å². The number of benzene rings is 3. The lowest BCUT2D eigenvalue weighted by molar-refractivity contribution is -0.137. The van der Waals surface area contributed by atoms with Crippen LogP contribution in [0, 0.1) is 6.92 Å². The van der Waals surface area contributed by atoms with Crippen molar-refractivity contribution in [1.82, 2.24) is 15.1 Å². The van der Waals surface area contributed by atoms with Crippen LogP contribution in [0.4, 0.5) is 0 Å². The van der Waals surface area contributed by atoms with E-state index in [9.17, 15) is 14.7 Å². The Morgan fingerprint density at radius 2 is 1.58 bits per heavy atom. The van der Waals surface area contributed by atoms with Gasteiger partial charge in [-0.2, -0.15) is 5.10 Å². The van der Waals surface area contributed by atoms with E-state index in [0.29, 0.717) is 6.54 Å². The fourth-order valence-corrected chi connectivity index (χ4v) is 3.87. The second kappa shape index (κ2) is 9.96. The molecule has 0 aliphatic rings. The van der Waals surface area contributed by atoms with Crippen molar-refractivity contribution in [2.45, 2.75) is 25.9 Å². The molecule has 0 saturated heterocycles. The summed E-state index contributed by atoms with van der Waals surface area (Å²) < 4.78 is 1.81. The summed E-state index contributed by atoms with van der Waals surface area (Å²) >= 11 is 0. The number of carbonyl (C=O) groups is 2. The molecular formula is C27H25N3O3. The van der Waals surface area contributed by atoms with Crippen LogP contribution in [0.25, 0.3) is 11.3 Å². The molecule has 0 fully saturated rings. The van der Waals surface area contributed by atoms with E-state index in [1.54, 1.807) is 10.7 Å². The van der Waals surface area contributed by atoms with Gasteiger partial charge in [-0.05, 0) is 35.2 Å². The van der Waals surface area contributed by atoms with Gasteiger partial charge >= 0.3 is 5.97 Å². The number of amides is 1.